The average Bonchev–Trinajstić information content (AvgIpc) is 3.03. The Kier molecular flexibility index (Phi) is 12.4. The topological polar surface area (TPSA) is 96.0 Å². The molecule has 0 spiro atoms. The number of rotatable bonds is 15. The van der Waals surface area contributed by atoms with Crippen LogP contribution in [0.2, 0.25) is 0 Å². The molecule has 1 aliphatic carbocycles. The highest BCUT2D eigenvalue weighted by Gasteiger charge is 2.32. The zero-order valence-electron chi connectivity index (χ0n) is 26.8. The molecule has 2 amide bonds. The summed E-state index contributed by atoms with van der Waals surface area (Å²) in [7, 11) is -3.60. The van der Waals surface area contributed by atoms with E-state index in [1.54, 1.807) is 29.2 Å². The number of hydrogen-bond acceptors (Lipinski definition) is 5. The number of carbonyl (C=O) groups excluding carboxylic acids is 2. The zero-order chi connectivity index (χ0) is 32.2. The molecule has 242 valence electrons. The first-order valence-electron chi connectivity index (χ1n) is 16.0. The van der Waals surface area contributed by atoms with Gasteiger partial charge in [-0.05, 0) is 74.1 Å². The molecule has 3 aromatic rings. The molecule has 0 bridgehead atoms. The van der Waals surface area contributed by atoms with Gasteiger partial charge < -0.3 is 15.0 Å². The zero-order valence-corrected chi connectivity index (χ0v) is 27.6. The van der Waals surface area contributed by atoms with Gasteiger partial charge in [0.2, 0.25) is 21.8 Å². The predicted octanol–water partition coefficient (Wildman–Crippen LogP) is 6.03. The van der Waals surface area contributed by atoms with Crippen LogP contribution in [0, 0.1) is 6.92 Å². The van der Waals surface area contributed by atoms with Crippen LogP contribution in [0.3, 0.4) is 0 Å². The second-order valence-electron chi connectivity index (χ2n) is 11.9. The van der Waals surface area contributed by atoms with Gasteiger partial charge in [0.1, 0.15) is 11.8 Å². The largest absolute Gasteiger partial charge is 0.494 e. The van der Waals surface area contributed by atoms with Gasteiger partial charge >= 0.3 is 0 Å². The van der Waals surface area contributed by atoms with Gasteiger partial charge in [-0.25, -0.2) is 8.42 Å². The van der Waals surface area contributed by atoms with Gasteiger partial charge in [0.25, 0.3) is 0 Å². The maximum atomic E-state index is 14.1. The van der Waals surface area contributed by atoms with E-state index in [2.05, 4.69) is 5.32 Å². The second-order valence-corrected chi connectivity index (χ2v) is 13.8. The molecule has 45 heavy (non-hydrogen) atoms. The molecule has 0 heterocycles. The minimum Gasteiger partial charge on any atom is -0.494 e. The van der Waals surface area contributed by atoms with E-state index >= 15 is 0 Å². The third-order valence-corrected chi connectivity index (χ3v) is 9.61. The monoisotopic (exact) mass is 633 g/mol. The maximum Gasteiger partial charge on any atom is 0.243 e. The van der Waals surface area contributed by atoms with Crippen LogP contribution in [-0.4, -0.2) is 56.6 Å². The number of carbonyl (C=O) groups is 2. The smallest absolute Gasteiger partial charge is 0.243 e. The van der Waals surface area contributed by atoms with Crippen molar-refractivity contribution in [3.63, 3.8) is 0 Å². The van der Waals surface area contributed by atoms with Crippen LogP contribution in [0.4, 0.5) is 5.69 Å². The first kappa shape index (κ1) is 34.0. The minimum atomic E-state index is -3.60. The Morgan fingerprint density at radius 2 is 1.60 bits per heavy atom. The molecular weight excluding hydrogens is 586 g/mol. The molecule has 0 aliphatic heterocycles. The molecule has 1 fully saturated rings. The van der Waals surface area contributed by atoms with E-state index in [9.17, 15) is 18.0 Å². The van der Waals surface area contributed by atoms with Gasteiger partial charge in [-0.3, -0.25) is 13.9 Å². The van der Waals surface area contributed by atoms with Gasteiger partial charge in [-0.1, -0.05) is 73.9 Å². The third-order valence-electron chi connectivity index (χ3n) is 8.41. The molecule has 1 unspecified atom stereocenters. The van der Waals surface area contributed by atoms with Crippen molar-refractivity contribution in [2.24, 2.45) is 0 Å². The number of anilines is 1. The Bertz CT molecular complexity index is 1490. The number of hydrogen-bond donors (Lipinski definition) is 1. The summed E-state index contributed by atoms with van der Waals surface area (Å²) in [5, 5.41) is 3.27. The number of sulfonamides is 1. The van der Waals surface area contributed by atoms with E-state index in [0.717, 1.165) is 42.4 Å². The fourth-order valence-electron chi connectivity index (χ4n) is 5.95. The van der Waals surface area contributed by atoms with Crippen molar-refractivity contribution in [3.8, 4) is 5.75 Å². The summed E-state index contributed by atoms with van der Waals surface area (Å²) >= 11 is 0. The quantitative estimate of drug-likeness (QED) is 0.221. The number of ether oxygens (including phenoxy) is 1. The Morgan fingerprint density at radius 3 is 2.24 bits per heavy atom. The van der Waals surface area contributed by atoms with Gasteiger partial charge in [0, 0.05) is 32.0 Å². The highest BCUT2D eigenvalue weighted by atomic mass is 32.2. The van der Waals surface area contributed by atoms with Crippen molar-refractivity contribution in [1.82, 2.24) is 10.2 Å². The lowest BCUT2D eigenvalue weighted by atomic mass is 9.94. The van der Waals surface area contributed by atoms with Crippen LogP contribution in [-0.2, 0) is 32.6 Å². The molecule has 8 nitrogen and oxygen atoms in total. The molecule has 1 N–H and O–H groups in total. The molecule has 0 aromatic heterocycles. The molecule has 3 aromatic carbocycles. The Morgan fingerprint density at radius 1 is 0.933 bits per heavy atom. The summed E-state index contributed by atoms with van der Waals surface area (Å²) in [5.74, 6) is 0.339. The van der Waals surface area contributed by atoms with Gasteiger partial charge in [0.05, 0.1) is 18.6 Å². The Labute approximate surface area is 268 Å². The van der Waals surface area contributed by atoms with Crippen LogP contribution in [0.15, 0.2) is 78.9 Å². The van der Waals surface area contributed by atoms with E-state index < -0.39 is 16.1 Å². The molecule has 9 heteroatoms. The number of aryl methyl sites for hydroxylation is 1. The van der Waals surface area contributed by atoms with Gasteiger partial charge in [0.15, 0.2) is 0 Å². The summed E-state index contributed by atoms with van der Waals surface area (Å²) in [6.45, 7) is 4.83. The van der Waals surface area contributed by atoms with Crippen molar-refractivity contribution in [2.75, 3.05) is 23.7 Å². The van der Waals surface area contributed by atoms with Crippen LogP contribution >= 0.6 is 0 Å². The summed E-state index contributed by atoms with van der Waals surface area (Å²) in [6.07, 6.45) is 7.20. The maximum absolute atomic E-state index is 14.1. The van der Waals surface area contributed by atoms with Crippen molar-refractivity contribution < 1.29 is 22.7 Å². The van der Waals surface area contributed by atoms with Crippen molar-refractivity contribution in [1.29, 1.82) is 0 Å². The standard InChI is InChI=1S/C36H47N3O5S/c1-4-44-33-23-21-32(22-24-33)39(45(3,42)43)25-13-20-35(40)38(27-30-17-12-11-14-28(30)2)34(26-29-15-7-5-8-16-29)36(41)37-31-18-9-6-10-19-31/h5,7-8,11-12,14-17,21-24,31,34H,4,6,9-10,13,18-20,25-27H2,1-3H3,(H,37,41). The van der Waals surface area contributed by atoms with E-state index in [1.165, 1.54) is 17.0 Å². The number of nitrogens with zero attached hydrogens (tertiary/aromatic N) is 2. The fourth-order valence-corrected chi connectivity index (χ4v) is 6.91. The van der Waals surface area contributed by atoms with Crippen LogP contribution in [0.1, 0.15) is 68.6 Å². The predicted molar refractivity (Wildman–Crippen MR) is 180 cm³/mol. The average molecular weight is 634 g/mol. The fraction of sp³-hybridized carbons (Fsp3) is 0.444. The van der Waals surface area contributed by atoms with Crippen LogP contribution < -0.4 is 14.4 Å². The Hall–Kier alpha value is -3.85. The molecule has 1 aliphatic rings. The SMILES string of the molecule is CCOc1ccc(N(CCCC(=O)N(Cc2ccccc2C)C(Cc2ccccc2)C(=O)NC2CCCCC2)S(C)(=O)=O)cc1. The van der Waals surface area contributed by atoms with E-state index in [0.29, 0.717) is 30.9 Å². The summed E-state index contributed by atoms with van der Waals surface area (Å²) < 4.78 is 32.4. The lowest BCUT2D eigenvalue weighted by Gasteiger charge is -2.34. The molecule has 0 saturated heterocycles. The van der Waals surface area contributed by atoms with Crippen molar-refractivity contribution >= 4 is 27.5 Å². The Balaban J connectivity index is 1.58. The number of amides is 2. The van der Waals surface area contributed by atoms with E-state index in [1.807, 2.05) is 68.4 Å². The van der Waals surface area contributed by atoms with Crippen molar-refractivity contribution in [2.45, 2.75) is 83.8 Å². The highest BCUT2D eigenvalue weighted by molar-refractivity contribution is 7.92. The minimum absolute atomic E-state index is 0.0942. The lowest BCUT2D eigenvalue weighted by Crippen LogP contribution is -2.53. The normalized spacial score (nSPS) is 14.4. The van der Waals surface area contributed by atoms with E-state index in [-0.39, 0.29) is 37.4 Å². The third kappa shape index (κ3) is 10.1. The molecule has 1 atom stereocenters. The molecule has 1 saturated carbocycles. The lowest BCUT2D eigenvalue weighted by molar-refractivity contribution is -0.141. The van der Waals surface area contributed by atoms with Crippen molar-refractivity contribution in [3.05, 3.63) is 95.6 Å². The number of benzene rings is 3. The molecular formula is C36H47N3O5S. The van der Waals surface area contributed by atoms with Gasteiger partial charge in [-0.15, -0.1) is 0 Å². The summed E-state index contributed by atoms with van der Waals surface area (Å²) in [6, 6.07) is 24.0. The van der Waals surface area contributed by atoms with Crippen LogP contribution in [0.25, 0.3) is 0 Å². The molecule has 0 radical (unpaired) electrons. The second kappa shape index (κ2) is 16.5. The molecule has 4 rings (SSSR count). The summed E-state index contributed by atoms with van der Waals surface area (Å²) in [4.78, 5) is 29.8. The van der Waals surface area contributed by atoms with Gasteiger partial charge in [-0.2, -0.15) is 0 Å². The van der Waals surface area contributed by atoms with E-state index in [4.69, 9.17) is 4.74 Å². The summed E-state index contributed by atoms with van der Waals surface area (Å²) in [5.41, 5.74) is 3.50. The first-order chi connectivity index (χ1) is 21.7. The first-order valence-corrected chi connectivity index (χ1v) is 17.9. The number of nitrogens with one attached hydrogen (secondary N) is 1. The van der Waals surface area contributed by atoms with Crippen LogP contribution in [0.5, 0.6) is 5.75 Å². The highest BCUT2D eigenvalue weighted by Crippen LogP contribution is 2.24.